The number of hydrazone groups is 1. The second-order valence-electron chi connectivity index (χ2n) is 7.73. The molecule has 34 heavy (non-hydrogen) atoms. The molecule has 1 aliphatic rings. The lowest BCUT2D eigenvalue weighted by Crippen LogP contribution is -2.37. The van der Waals surface area contributed by atoms with Crippen LogP contribution < -0.4 is 15.1 Å². The lowest BCUT2D eigenvalue weighted by Gasteiger charge is -2.26. The average molecular weight is 456 g/mol. The molecule has 0 saturated carbocycles. The Morgan fingerprint density at radius 2 is 1.82 bits per heavy atom. The van der Waals surface area contributed by atoms with Crippen LogP contribution in [0.4, 0.5) is 11.6 Å². The third kappa shape index (κ3) is 5.62. The first-order chi connectivity index (χ1) is 16.8. The van der Waals surface area contributed by atoms with Crippen LogP contribution in [0.5, 0.6) is 6.01 Å². The highest BCUT2D eigenvalue weighted by Gasteiger charge is 2.17. The Morgan fingerprint density at radius 1 is 0.971 bits per heavy atom. The molecule has 2 aromatic carbocycles. The Hall–Kier alpha value is -4.11. The molecule has 9 nitrogen and oxygen atoms in total. The highest BCUT2D eigenvalue weighted by Crippen LogP contribution is 2.19. The molecule has 0 atom stereocenters. The number of benzene rings is 2. The molecule has 1 aliphatic heterocycles. The van der Waals surface area contributed by atoms with Crippen LogP contribution in [0.1, 0.15) is 11.5 Å². The molecule has 5 rings (SSSR count). The van der Waals surface area contributed by atoms with E-state index in [9.17, 15) is 0 Å². The molecule has 0 radical (unpaired) electrons. The SMILES string of the molecule is C(=NNc1ccc2ccccc2c1)c1nc(OCCc2ccccn2)nc(N2CCOCC2)n1. The van der Waals surface area contributed by atoms with Gasteiger partial charge in [0, 0.05) is 31.4 Å². The molecule has 0 bridgehead atoms. The summed E-state index contributed by atoms with van der Waals surface area (Å²) in [7, 11) is 0. The van der Waals surface area contributed by atoms with Crippen LogP contribution in [-0.4, -0.2) is 59.1 Å². The quantitative estimate of drug-likeness (QED) is 0.319. The molecule has 1 saturated heterocycles. The molecule has 9 heteroatoms. The largest absolute Gasteiger partial charge is 0.463 e. The molecule has 0 amide bonds. The van der Waals surface area contributed by atoms with Gasteiger partial charge in [0.25, 0.3) is 0 Å². The fourth-order valence-corrected chi connectivity index (χ4v) is 3.60. The van der Waals surface area contributed by atoms with Crippen molar-refractivity contribution >= 4 is 28.6 Å². The lowest BCUT2D eigenvalue weighted by atomic mass is 10.1. The number of hydrogen-bond acceptors (Lipinski definition) is 9. The maximum atomic E-state index is 5.85. The minimum Gasteiger partial charge on any atom is -0.463 e. The van der Waals surface area contributed by atoms with Crippen molar-refractivity contribution < 1.29 is 9.47 Å². The molecule has 4 aromatic rings. The highest BCUT2D eigenvalue weighted by atomic mass is 16.5. The van der Waals surface area contributed by atoms with Crippen molar-refractivity contribution in [3.63, 3.8) is 0 Å². The van der Waals surface area contributed by atoms with Gasteiger partial charge in [0.05, 0.1) is 31.7 Å². The summed E-state index contributed by atoms with van der Waals surface area (Å²) in [6.45, 7) is 3.10. The van der Waals surface area contributed by atoms with Crippen molar-refractivity contribution in [2.45, 2.75) is 6.42 Å². The molecule has 3 heterocycles. The van der Waals surface area contributed by atoms with E-state index in [0.29, 0.717) is 51.1 Å². The summed E-state index contributed by atoms with van der Waals surface area (Å²) in [5.41, 5.74) is 4.88. The van der Waals surface area contributed by atoms with E-state index >= 15 is 0 Å². The Balaban J connectivity index is 1.31. The highest BCUT2D eigenvalue weighted by molar-refractivity contribution is 5.86. The first-order valence-corrected chi connectivity index (χ1v) is 11.2. The molecule has 0 unspecified atom stereocenters. The van der Waals surface area contributed by atoms with Gasteiger partial charge in [-0.3, -0.25) is 10.4 Å². The van der Waals surface area contributed by atoms with Crippen molar-refractivity contribution in [1.82, 2.24) is 19.9 Å². The number of rotatable bonds is 8. The van der Waals surface area contributed by atoms with Gasteiger partial charge < -0.3 is 14.4 Å². The monoisotopic (exact) mass is 455 g/mol. The van der Waals surface area contributed by atoms with E-state index in [-0.39, 0.29) is 6.01 Å². The normalized spacial score (nSPS) is 13.9. The molecule has 172 valence electrons. The molecule has 2 aromatic heterocycles. The number of nitrogens with one attached hydrogen (secondary N) is 1. The van der Waals surface area contributed by atoms with Crippen molar-refractivity contribution in [2.24, 2.45) is 5.10 Å². The van der Waals surface area contributed by atoms with E-state index in [1.807, 2.05) is 42.5 Å². The van der Waals surface area contributed by atoms with E-state index in [1.165, 1.54) is 5.39 Å². The van der Waals surface area contributed by atoms with Gasteiger partial charge in [-0.15, -0.1) is 0 Å². The second-order valence-corrected chi connectivity index (χ2v) is 7.73. The number of hydrogen-bond donors (Lipinski definition) is 1. The first kappa shape index (κ1) is 21.7. The smallest absolute Gasteiger partial charge is 0.321 e. The Bertz CT molecular complexity index is 1260. The van der Waals surface area contributed by atoms with Crippen molar-refractivity contribution in [1.29, 1.82) is 0 Å². The minimum atomic E-state index is 0.263. The zero-order valence-electron chi connectivity index (χ0n) is 18.7. The van der Waals surface area contributed by atoms with E-state index in [0.717, 1.165) is 16.8 Å². The fourth-order valence-electron chi connectivity index (χ4n) is 3.60. The van der Waals surface area contributed by atoms with Gasteiger partial charge in [-0.05, 0) is 35.0 Å². The predicted octanol–water partition coefficient (Wildman–Crippen LogP) is 3.32. The summed E-state index contributed by atoms with van der Waals surface area (Å²) in [6, 6.07) is 20.4. The van der Waals surface area contributed by atoms with Gasteiger partial charge in [0.1, 0.15) is 0 Å². The maximum Gasteiger partial charge on any atom is 0.321 e. The number of fused-ring (bicyclic) bond motifs is 1. The number of anilines is 2. The summed E-state index contributed by atoms with van der Waals surface area (Å²) < 4.78 is 11.3. The molecule has 0 spiro atoms. The number of ether oxygens (including phenoxy) is 2. The van der Waals surface area contributed by atoms with Gasteiger partial charge in [-0.1, -0.05) is 36.4 Å². The van der Waals surface area contributed by atoms with Gasteiger partial charge in [-0.25, -0.2) is 0 Å². The predicted molar refractivity (Wildman–Crippen MR) is 131 cm³/mol. The molecule has 1 N–H and O–H groups in total. The Kier molecular flexibility index (Phi) is 6.82. The standard InChI is InChI=1S/C25H25N7O2/c1-2-6-20-17-22(9-8-19(20)5-1)31-27-18-23-28-24(32-12-15-33-16-13-32)30-25(29-23)34-14-10-21-7-3-4-11-26-21/h1-9,11,17-18,31H,10,12-16H2. The van der Waals surface area contributed by atoms with Crippen LogP contribution in [0.15, 0.2) is 72.0 Å². The molecule has 0 aliphatic carbocycles. The van der Waals surface area contributed by atoms with Crippen LogP contribution >= 0.6 is 0 Å². The summed E-state index contributed by atoms with van der Waals surface area (Å²) >= 11 is 0. The Labute approximate surface area is 197 Å². The van der Waals surface area contributed by atoms with Crippen molar-refractivity contribution in [2.75, 3.05) is 43.2 Å². The van der Waals surface area contributed by atoms with E-state index in [1.54, 1.807) is 12.4 Å². The van der Waals surface area contributed by atoms with Crippen molar-refractivity contribution in [3.05, 3.63) is 78.4 Å². The number of aromatic nitrogens is 4. The average Bonchev–Trinajstić information content (AvgIpc) is 2.90. The number of pyridine rings is 1. The third-order valence-corrected chi connectivity index (χ3v) is 5.35. The lowest BCUT2D eigenvalue weighted by molar-refractivity contribution is 0.122. The third-order valence-electron chi connectivity index (χ3n) is 5.35. The van der Waals surface area contributed by atoms with Crippen LogP contribution in [-0.2, 0) is 11.2 Å². The van der Waals surface area contributed by atoms with E-state index in [4.69, 9.17) is 9.47 Å². The van der Waals surface area contributed by atoms with Crippen LogP contribution in [0, 0.1) is 0 Å². The van der Waals surface area contributed by atoms with Gasteiger partial charge >= 0.3 is 6.01 Å². The zero-order chi connectivity index (χ0) is 23.0. The summed E-state index contributed by atoms with van der Waals surface area (Å²) in [5, 5.41) is 6.66. The van der Waals surface area contributed by atoms with Gasteiger partial charge in [0.15, 0.2) is 5.82 Å². The Morgan fingerprint density at radius 3 is 2.68 bits per heavy atom. The van der Waals surface area contributed by atoms with Gasteiger partial charge in [0.2, 0.25) is 5.95 Å². The summed E-state index contributed by atoms with van der Waals surface area (Å²) in [6.07, 6.45) is 4.00. The fraction of sp³-hybridized carbons (Fsp3) is 0.240. The first-order valence-electron chi connectivity index (χ1n) is 11.2. The topological polar surface area (TPSA) is 97.7 Å². The summed E-state index contributed by atoms with van der Waals surface area (Å²) in [5.74, 6) is 0.968. The minimum absolute atomic E-state index is 0.263. The van der Waals surface area contributed by atoms with E-state index in [2.05, 4.69) is 53.6 Å². The van der Waals surface area contributed by atoms with Gasteiger partial charge in [-0.2, -0.15) is 20.1 Å². The van der Waals surface area contributed by atoms with E-state index < -0.39 is 0 Å². The second kappa shape index (κ2) is 10.7. The molecule has 1 fully saturated rings. The number of nitrogens with zero attached hydrogens (tertiary/aromatic N) is 6. The van der Waals surface area contributed by atoms with Crippen LogP contribution in [0.2, 0.25) is 0 Å². The summed E-state index contributed by atoms with van der Waals surface area (Å²) in [4.78, 5) is 19.9. The maximum absolute atomic E-state index is 5.85. The zero-order valence-corrected chi connectivity index (χ0v) is 18.7. The molecular formula is C25H25N7O2. The van der Waals surface area contributed by atoms with Crippen molar-refractivity contribution in [3.8, 4) is 6.01 Å². The number of morpholine rings is 1. The van der Waals surface area contributed by atoms with Crippen LogP contribution in [0.25, 0.3) is 10.8 Å². The van der Waals surface area contributed by atoms with Crippen LogP contribution in [0.3, 0.4) is 0 Å². The molecular weight excluding hydrogens is 430 g/mol.